The van der Waals surface area contributed by atoms with Gasteiger partial charge in [-0.15, -0.1) is 0 Å². The number of carbonyl (C=O) groups excluding carboxylic acids is 2. The van der Waals surface area contributed by atoms with Gasteiger partial charge in [0, 0.05) is 27.7 Å². The smallest absolute Gasteiger partial charge is 0.308 e. The first-order valence-corrected chi connectivity index (χ1v) is 10.7. The van der Waals surface area contributed by atoms with E-state index >= 15 is 0 Å². The molecular formula is C24H23N3O2S. The molecule has 0 saturated carbocycles. The molecule has 4 rings (SSSR count). The molecule has 0 fully saturated rings. The Morgan fingerprint density at radius 3 is 2.57 bits per heavy atom. The van der Waals surface area contributed by atoms with Gasteiger partial charge in [-0.3, -0.25) is 4.79 Å². The van der Waals surface area contributed by atoms with Crippen LogP contribution in [0.25, 0.3) is 0 Å². The lowest BCUT2D eigenvalue weighted by Gasteiger charge is -2.22. The Hall–Kier alpha value is -3.25. The Kier molecular flexibility index (Phi) is 5.50. The molecule has 0 spiro atoms. The highest BCUT2D eigenvalue weighted by Crippen LogP contribution is 2.42. The van der Waals surface area contributed by atoms with E-state index in [9.17, 15) is 9.59 Å². The van der Waals surface area contributed by atoms with Gasteiger partial charge < -0.3 is 15.5 Å². The zero-order valence-electron chi connectivity index (χ0n) is 17.2. The van der Waals surface area contributed by atoms with E-state index in [0.717, 1.165) is 32.3 Å². The normalized spacial score (nSPS) is 12.6. The number of urea groups is 1. The van der Waals surface area contributed by atoms with E-state index in [-0.39, 0.29) is 11.9 Å². The fraction of sp³-hybridized carbons (Fsp3) is 0.167. The highest BCUT2D eigenvalue weighted by Gasteiger charge is 2.26. The number of carbonyl (C=O) groups is 2. The van der Waals surface area contributed by atoms with Gasteiger partial charge in [0.25, 0.3) is 5.91 Å². The molecule has 2 N–H and O–H groups in total. The average Bonchev–Trinajstić information content (AvgIpc) is 2.85. The summed E-state index contributed by atoms with van der Waals surface area (Å²) in [5, 5.41) is 5.80. The van der Waals surface area contributed by atoms with Crippen LogP contribution in [-0.4, -0.2) is 18.5 Å². The quantitative estimate of drug-likeness (QED) is 0.543. The average molecular weight is 418 g/mol. The Morgan fingerprint density at radius 2 is 1.77 bits per heavy atom. The van der Waals surface area contributed by atoms with Crippen LogP contribution in [0, 0.1) is 13.8 Å². The van der Waals surface area contributed by atoms with Crippen LogP contribution in [0.1, 0.15) is 28.4 Å². The van der Waals surface area contributed by atoms with E-state index in [1.54, 1.807) is 16.7 Å². The lowest BCUT2D eigenvalue weighted by atomic mass is 10.1. The van der Waals surface area contributed by atoms with E-state index < -0.39 is 0 Å². The van der Waals surface area contributed by atoms with Crippen LogP contribution in [0.2, 0.25) is 0 Å². The van der Waals surface area contributed by atoms with Gasteiger partial charge in [-0.05, 0) is 68.3 Å². The summed E-state index contributed by atoms with van der Waals surface area (Å²) in [5.41, 5.74) is 5.06. The highest BCUT2D eigenvalue weighted by molar-refractivity contribution is 7.99. The SMILES string of the molecule is CCN1C(=O)c2ccccc2Sc2ccc(NC(=O)Nc3cccc(C)c3C)cc21. The van der Waals surface area contributed by atoms with Crippen LogP contribution in [-0.2, 0) is 0 Å². The number of rotatable bonds is 3. The topological polar surface area (TPSA) is 61.4 Å². The zero-order chi connectivity index (χ0) is 21.3. The maximum Gasteiger partial charge on any atom is 0.323 e. The third kappa shape index (κ3) is 3.78. The van der Waals surface area contributed by atoms with Gasteiger partial charge in [0.1, 0.15) is 0 Å². The van der Waals surface area contributed by atoms with Gasteiger partial charge in [0.2, 0.25) is 0 Å². The molecule has 0 aliphatic carbocycles. The summed E-state index contributed by atoms with van der Waals surface area (Å²) in [5.74, 6) is -0.0312. The van der Waals surface area contributed by atoms with E-state index in [1.165, 1.54) is 0 Å². The van der Waals surface area contributed by atoms with Crippen molar-refractivity contribution in [2.24, 2.45) is 0 Å². The molecule has 3 aromatic rings. The molecule has 1 aliphatic heterocycles. The fourth-order valence-electron chi connectivity index (χ4n) is 3.48. The largest absolute Gasteiger partial charge is 0.323 e. The van der Waals surface area contributed by atoms with E-state index in [4.69, 9.17) is 0 Å². The van der Waals surface area contributed by atoms with E-state index in [0.29, 0.717) is 17.8 Å². The number of hydrogen-bond donors (Lipinski definition) is 2. The van der Waals surface area contributed by atoms with Gasteiger partial charge in [0.15, 0.2) is 0 Å². The molecule has 0 aromatic heterocycles. The van der Waals surface area contributed by atoms with E-state index in [1.807, 2.05) is 81.4 Å². The van der Waals surface area contributed by atoms with Crippen LogP contribution in [0.15, 0.2) is 70.5 Å². The summed E-state index contributed by atoms with van der Waals surface area (Å²) in [6, 6.07) is 18.8. The number of nitrogens with one attached hydrogen (secondary N) is 2. The second-order valence-electron chi connectivity index (χ2n) is 7.16. The Labute approximate surface area is 180 Å². The molecule has 0 unspecified atom stereocenters. The van der Waals surface area contributed by atoms with Crippen molar-refractivity contribution >= 4 is 40.8 Å². The van der Waals surface area contributed by atoms with Crippen molar-refractivity contribution in [2.45, 2.75) is 30.6 Å². The number of amides is 3. The molecule has 0 bridgehead atoms. The first-order valence-electron chi connectivity index (χ1n) is 9.85. The van der Waals surface area contributed by atoms with Crippen molar-refractivity contribution in [1.29, 1.82) is 0 Å². The second kappa shape index (κ2) is 8.24. The molecule has 0 radical (unpaired) electrons. The predicted molar refractivity (Wildman–Crippen MR) is 123 cm³/mol. The van der Waals surface area contributed by atoms with Crippen molar-refractivity contribution in [3.63, 3.8) is 0 Å². The van der Waals surface area contributed by atoms with Gasteiger partial charge in [-0.1, -0.05) is 36.0 Å². The maximum atomic E-state index is 13.1. The van der Waals surface area contributed by atoms with Gasteiger partial charge in [-0.2, -0.15) is 0 Å². The summed E-state index contributed by atoms with van der Waals surface area (Å²) in [4.78, 5) is 29.3. The van der Waals surface area contributed by atoms with Crippen molar-refractivity contribution in [3.8, 4) is 0 Å². The van der Waals surface area contributed by atoms with Crippen LogP contribution < -0.4 is 15.5 Å². The van der Waals surface area contributed by atoms with Gasteiger partial charge in [0.05, 0.1) is 11.3 Å². The summed E-state index contributed by atoms with van der Waals surface area (Å²) in [6.07, 6.45) is 0. The number of benzene rings is 3. The van der Waals surface area contributed by atoms with Gasteiger partial charge in [-0.25, -0.2) is 4.79 Å². The number of fused-ring (bicyclic) bond motifs is 2. The molecule has 0 saturated heterocycles. The number of hydrogen-bond acceptors (Lipinski definition) is 3. The fourth-order valence-corrected chi connectivity index (χ4v) is 4.54. The second-order valence-corrected chi connectivity index (χ2v) is 8.24. The van der Waals surface area contributed by atoms with Crippen molar-refractivity contribution in [3.05, 3.63) is 77.4 Å². The molecule has 3 aromatic carbocycles. The molecule has 152 valence electrons. The molecule has 1 aliphatic rings. The van der Waals surface area contributed by atoms with E-state index in [2.05, 4.69) is 10.6 Å². The number of anilines is 3. The van der Waals surface area contributed by atoms with Crippen LogP contribution in [0.4, 0.5) is 21.9 Å². The predicted octanol–water partition coefficient (Wildman–Crippen LogP) is 6.08. The number of aryl methyl sites for hydroxylation is 1. The minimum atomic E-state index is -0.317. The molecule has 1 heterocycles. The van der Waals surface area contributed by atoms with Gasteiger partial charge >= 0.3 is 6.03 Å². The maximum absolute atomic E-state index is 13.1. The summed E-state index contributed by atoms with van der Waals surface area (Å²) >= 11 is 1.57. The highest BCUT2D eigenvalue weighted by atomic mass is 32.2. The molecule has 30 heavy (non-hydrogen) atoms. The Bertz CT molecular complexity index is 1140. The summed E-state index contributed by atoms with van der Waals surface area (Å²) in [7, 11) is 0. The molecule has 0 atom stereocenters. The minimum absolute atomic E-state index is 0.0312. The standard InChI is InChI=1S/C24H23N3O2S/c1-4-27-20-14-17(25-24(29)26-19-10-7-8-15(2)16(19)3)12-13-22(20)30-21-11-6-5-9-18(21)23(27)28/h5-14H,4H2,1-3H3,(H2,25,26,29). The van der Waals surface area contributed by atoms with Crippen LogP contribution in [0.5, 0.6) is 0 Å². The van der Waals surface area contributed by atoms with Crippen LogP contribution >= 0.6 is 11.8 Å². The lowest BCUT2D eigenvalue weighted by molar-refractivity contribution is 0.0985. The summed E-state index contributed by atoms with van der Waals surface area (Å²) < 4.78 is 0. The van der Waals surface area contributed by atoms with Crippen molar-refractivity contribution in [1.82, 2.24) is 0 Å². The van der Waals surface area contributed by atoms with Crippen LogP contribution in [0.3, 0.4) is 0 Å². The van der Waals surface area contributed by atoms with Crippen molar-refractivity contribution in [2.75, 3.05) is 22.1 Å². The molecule has 6 heteroatoms. The Morgan fingerprint density at radius 1 is 0.967 bits per heavy atom. The Balaban J connectivity index is 1.61. The first-order chi connectivity index (χ1) is 14.5. The lowest BCUT2D eigenvalue weighted by Crippen LogP contribution is -2.30. The minimum Gasteiger partial charge on any atom is -0.308 e. The third-order valence-electron chi connectivity index (χ3n) is 5.26. The molecule has 5 nitrogen and oxygen atoms in total. The zero-order valence-corrected chi connectivity index (χ0v) is 18.0. The molecule has 3 amide bonds. The molecular weight excluding hydrogens is 394 g/mol. The van der Waals surface area contributed by atoms with Crippen molar-refractivity contribution < 1.29 is 9.59 Å². The number of nitrogens with zero attached hydrogens (tertiary/aromatic N) is 1. The first kappa shape index (κ1) is 20.0. The monoisotopic (exact) mass is 417 g/mol. The summed E-state index contributed by atoms with van der Waals surface area (Å²) in [6.45, 7) is 6.48. The third-order valence-corrected chi connectivity index (χ3v) is 6.40.